The van der Waals surface area contributed by atoms with Crippen LogP contribution in [0.15, 0.2) is 0 Å². The Balaban J connectivity index is 2.29. The second kappa shape index (κ2) is 13.3. The fourth-order valence-electron chi connectivity index (χ4n) is 3.95. The fraction of sp³-hybridized carbons (Fsp3) is 0.952. The van der Waals surface area contributed by atoms with Gasteiger partial charge in [0, 0.05) is 32.3 Å². The molecule has 1 fully saturated rings. The highest BCUT2D eigenvalue weighted by atomic mass is 28.5. The normalized spacial score (nSPS) is 18.0. The minimum atomic E-state index is -2.39. The smallest absolute Gasteiger partial charge is 0.407 e. The van der Waals surface area contributed by atoms with E-state index in [1.807, 2.05) is 0 Å². The molecule has 2 atom stereocenters. The molecule has 0 aromatic heterocycles. The Morgan fingerprint density at radius 2 is 1.48 bits per heavy atom. The van der Waals surface area contributed by atoms with Gasteiger partial charge < -0.3 is 27.1 Å². The van der Waals surface area contributed by atoms with Gasteiger partial charge in [-0.1, -0.05) is 0 Å². The molecule has 196 valence electrons. The summed E-state index contributed by atoms with van der Waals surface area (Å²) >= 11 is 0. The van der Waals surface area contributed by atoms with Crippen molar-refractivity contribution in [3.63, 3.8) is 0 Å². The summed E-state index contributed by atoms with van der Waals surface area (Å²) < 4.78 is 30.6. The van der Waals surface area contributed by atoms with Gasteiger partial charge in [0.2, 0.25) is 0 Å². The highest BCUT2D eigenvalue weighted by Gasteiger charge is 2.44. The van der Waals surface area contributed by atoms with Crippen molar-refractivity contribution in [2.45, 2.75) is 90.8 Å². The van der Waals surface area contributed by atoms with E-state index in [-0.39, 0.29) is 12.7 Å². The van der Waals surface area contributed by atoms with Crippen LogP contribution in [0.2, 0.25) is 65.0 Å². The maximum absolute atomic E-state index is 11.8. The van der Waals surface area contributed by atoms with Crippen molar-refractivity contribution in [1.82, 2.24) is 10.2 Å². The van der Waals surface area contributed by atoms with Gasteiger partial charge in [-0.25, -0.2) is 4.79 Å². The van der Waals surface area contributed by atoms with Crippen LogP contribution >= 0.6 is 0 Å². The number of hydrogen-bond acceptors (Lipinski definition) is 7. The van der Waals surface area contributed by atoms with Crippen LogP contribution in [0.1, 0.15) is 19.8 Å². The molecular formula is C21H50N2O6Si4. The maximum atomic E-state index is 11.8. The minimum absolute atomic E-state index is 0.258. The van der Waals surface area contributed by atoms with Crippen LogP contribution in [0.25, 0.3) is 0 Å². The molecule has 1 rings (SSSR count). The van der Waals surface area contributed by atoms with Gasteiger partial charge in [0.05, 0.1) is 6.61 Å². The quantitative estimate of drug-likeness (QED) is 0.163. The first-order valence-electron chi connectivity index (χ1n) is 12.3. The van der Waals surface area contributed by atoms with Crippen molar-refractivity contribution < 1.29 is 26.6 Å². The minimum Gasteiger partial charge on any atom is -0.447 e. The molecule has 1 aliphatic heterocycles. The summed E-state index contributed by atoms with van der Waals surface area (Å²) in [5.41, 5.74) is 0. The average molecular weight is 539 g/mol. The largest absolute Gasteiger partial charge is 0.447 e. The first-order valence-corrected chi connectivity index (χ1v) is 24.5. The SMILES string of the molecule is CC(CCNC(=O)OCCOCCC[Si](C)(O[Si](C)(C)C)O[Si](C)(C)O[Si](C)(C)C)N1CC1. The number of amides is 1. The third-order valence-corrected chi connectivity index (χ3v) is 18.4. The van der Waals surface area contributed by atoms with Crippen molar-refractivity contribution in [1.29, 1.82) is 0 Å². The van der Waals surface area contributed by atoms with Crippen molar-refractivity contribution >= 4 is 39.8 Å². The Kier molecular flexibility index (Phi) is 12.5. The summed E-state index contributed by atoms with van der Waals surface area (Å²) in [4.78, 5) is 14.1. The van der Waals surface area contributed by atoms with Gasteiger partial charge >= 0.3 is 23.2 Å². The Bertz CT molecular complexity index is 596. The zero-order valence-electron chi connectivity index (χ0n) is 22.8. The Labute approximate surface area is 206 Å². The van der Waals surface area contributed by atoms with E-state index >= 15 is 0 Å². The van der Waals surface area contributed by atoms with Gasteiger partial charge in [0.25, 0.3) is 0 Å². The number of ether oxygens (including phenoxy) is 2. The van der Waals surface area contributed by atoms with Gasteiger partial charge in [-0.05, 0) is 84.7 Å². The van der Waals surface area contributed by atoms with Crippen molar-refractivity contribution in [2.24, 2.45) is 0 Å². The Hall–Kier alpha value is -0.0625. The highest BCUT2D eigenvalue weighted by molar-refractivity contribution is 6.89. The van der Waals surface area contributed by atoms with Crippen LogP contribution in [-0.2, 0) is 21.8 Å². The third kappa shape index (κ3) is 16.3. The van der Waals surface area contributed by atoms with E-state index in [0.717, 1.165) is 18.9 Å². The van der Waals surface area contributed by atoms with Crippen LogP contribution < -0.4 is 5.32 Å². The summed E-state index contributed by atoms with van der Waals surface area (Å²) in [6, 6.07) is 1.38. The lowest BCUT2D eigenvalue weighted by Gasteiger charge is -2.41. The molecule has 33 heavy (non-hydrogen) atoms. The van der Waals surface area contributed by atoms with E-state index in [1.165, 1.54) is 13.1 Å². The monoisotopic (exact) mass is 538 g/mol. The lowest BCUT2D eigenvalue weighted by atomic mass is 10.2. The second-order valence-electron chi connectivity index (χ2n) is 11.5. The summed E-state index contributed by atoms with van der Waals surface area (Å²) in [5, 5.41) is 2.81. The molecule has 1 heterocycles. The van der Waals surface area contributed by atoms with Gasteiger partial charge in [-0.3, -0.25) is 4.90 Å². The van der Waals surface area contributed by atoms with Gasteiger partial charge in [-0.15, -0.1) is 0 Å². The lowest BCUT2D eigenvalue weighted by Crippen LogP contribution is -2.56. The molecule has 0 aromatic carbocycles. The Morgan fingerprint density at radius 1 is 0.879 bits per heavy atom. The number of rotatable bonds is 17. The van der Waals surface area contributed by atoms with Crippen molar-refractivity contribution in [2.75, 3.05) is 39.5 Å². The molecule has 1 aliphatic rings. The number of nitrogens with one attached hydrogen (secondary N) is 1. The first kappa shape index (κ1) is 31.0. The summed E-state index contributed by atoms with van der Waals surface area (Å²) in [7, 11) is -8.12. The molecule has 0 aromatic rings. The second-order valence-corrected chi connectivity index (χ2v) is 28.0. The third-order valence-electron chi connectivity index (χ3n) is 4.85. The van der Waals surface area contributed by atoms with Crippen LogP contribution in [0.4, 0.5) is 4.79 Å². The predicted octanol–water partition coefficient (Wildman–Crippen LogP) is 4.71. The predicted molar refractivity (Wildman–Crippen MR) is 144 cm³/mol. The molecule has 0 bridgehead atoms. The molecule has 1 N–H and O–H groups in total. The highest BCUT2D eigenvalue weighted by Crippen LogP contribution is 2.27. The number of carbonyl (C=O) groups is 1. The molecule has 1 saturated heterocycles. The zero-order chi connectivity index (χ0) is 25.3. The van der Waals surface area contributed by atoms with Gasteiger partial charge in [-0.2, -0.15) is 0 Å². The molecule has 0 aliphatic carbocycles. The van der Waals surface area contributed by atoms with Crippen molar-refractivity contribution in [3.8, 4) is 0 Å². The van der Waals surface area contributed by atoms with Crippen LogP contribution in [0.5, 0.6) is 0 Å². The molecule has 0 spiro atoms. The molecule has 8 nitrogen and oxygen atoms in total. The average Bonchev–Trinajstić information content (AvgIpc) is 3.41. The molecular weight excluding hydrogens is 489 g/mol. The zero-order valence-corrected chi connectivity index (χ0v) is 26.8. The molecule has 0 saturated carbocycles. The summed E-state index contributed by atoms with van der Waals surface area (Å²) in [6.45, 7) is 26.1. The van der Waals surface area contributed by atoms with E-state index in [4.69, 9.17) is 21.8 Å². The van der Waals surface area contributed by atoms with Crippen molar-refractivity contribution in [3.05, 3.63) is 0 Å². The molecule has 1 amide bonds. The van der Waals surface area contributed by atoms with E-state index in [1.54, 1.807) is 0 Å². The van der Waals surface area contributed by atoms with Gasteiger partial charge in [0.15, 0.2) is 16.6 Å². The molecule has 2 unspecified atom stereocenters. The van der Waals surface area contributed by atoms with Gasteiger partial charge in [0.1, 0.15) is 6.61 Å². The fourth-order valence-corrected chi connectivity index (χ4v) is 21.9. The number of alkyl carbamates (subject to hydrolysis) is 1. The lowest BCUT2D eigenvalue weighted by molar-refractivity contribution is 0.0724. The first-order chi connectivity index (χ1) is 15.0. The van der Waals surface area contributed by atoms with E-state index in [2.05, 4.69) is 76.1 Å². The topological polar surface area (TPSA) is 78.3 Å². The summed E-state index contributed by atoms with van der Waals surface area (Å²) in [5.74, 6) is 0. The number of hydrogen-bond donors (Lipinski definition) is 1. The standard InChI is InChI=1S/C21H50N2O6Si4/c1-20(23-14-15-23)12-13-22-21(24)26-18-17-25-16-11-19-33(10,28-31(5,6)7)29-32(8,9)27-30(2,3)4/h20H,11-19H2,1-10H3,(H,22,24). The van der Waals surface area contributed by atoms with E-state index in [0.29, 0.717) is 25.8 Å². The number of carbonyl (C=O) groups excluding carboxylic acids is 1. The van der Waals surface area contributed by atoms with Crippen LogP contribution in [0, 0.1) is 0 Å². The summed E-state index contributed by atoms with van der Waals surface area (Å²) in [6.07, 6.45) is 1.42. The number of nitrogens with zero attached hydrogens (tertiary/aromatic N) is 1. The molecule has 12 heteroatoms. The Morgan fingerprint density at radius 3 is 2.03 bits per heavy atom. The van der Waals surface area contributed by atoms with Crippen LogP contribution in [-0.4, -0.2) is 90.2 Å². The van der Waals surface area contributed by atoms with E-state index < -0.39 is 33.8 Å². The maximum Gasteiger partial charge on any atom is 0.407 e. The molecule has 0 radical (unpaired) electrons. The van der Waals surface area contributed by atoms with E-state index in [9.17, 15) is 4.79 Å². The van der Waals surface area contributed by atoms with Crippen LogP contribution in [0.3, 0.4) is 0 Å².